The summed E-state index contributed by atoms with van der Waals surface area (Å²) in [6, 6.07) is 0. The Morgan fingerprint density at radius 2 is 1.73 bits per heavy atom. The van der Waals surface area contributed by atoms with E-state index in [1.807, 2.05) is 0 Å². The fourth-order valence-corrected chi connectivity index (χ4v) is 0.653. The van der Waals surface area contributed by atoms with Crippen molar-refractivity contribution in [2.75, 3.05) is 7.05 Å². The highest BCUT2D eigenvalue weighted by Crippen LogP contribution is 2.30. The molecule has 0 aliphatic carbocycles. The zero-order valence-corrected chi connectivity index (χ0v) is 6.79. The van der Waals surface area contributed by atoms with Crippen molar-refractivity contribution in [3.05, 3.63) is 12.2 Å². The molecule has 0 heterocycles. The summed E-state index contributed by atoms with van der Waals surface area (Å²) in [5.41, 5.74) is -1.90. The Morgan fingerprint density at radius 3 is 1.82 bits per heavy atom. The molecule has 0 spiro atoms. The molecule has 0 aliphatic rings. The monoisotopic (exact) mass is 167 g/mol. The van der Waals surface area contributed by atoms with Crippen LogP contribution in [0.3, 0.4) is 0 Å². The third kappa shape index (κ3) is 2.22. The van der Waals surface area contributed by atoms with Crippen molar-refractivity contribution >= 4 is 0 Å². The van der Waals surface area contributed by atoms with Crippen LogP contribution in [-0.4, -0.2) is 18.8 Å². The van der Waals surface area contributed by atoms with Crippen LogP contribution in [0.1, 0.15) is 13.8 Å². The van der Waals surface area contributed by atoms with Gasteiger partial charge in [0.05, 0.1) is 0 Å². The van der Waals surface area contributed by atoms with E-state index < -0.39 is 11.7 Å². The van der Waals surface area contributed by atoms with Crippen molar-refractivity contribution in [3.8, 4) is 0 Å². The number of hydrogen-bond donors (Lipinski definition) is 1. The van der Waals surface area contributed by atoms with Crippen molar-refractivity contribution < 1.29 is 13.2 Å². The van der Waals surface area contributed by atoms with Gasteiger partial charge in [-0.1, -0.05) is 12.2 Å². The van der Waals surface area contributed by atoms with E-state index in [0.29, 0.717) is 0 Å². The lowest BCUT2D eigenvalue weighted by atomic mass is 10.0. The Kier molecular flexibility index (Phi) is 3.11. The minimum Gasteiger partial charge on any atom is -0.304 e. The van der Waals surface area contributed by atoms with Gasteiger partial charge in [-0.25, -0.2) is 0 Å². The minimum absolute atomic E-state index is 1.09. The Morgan fingerprint density at radius 1 is 1.27 bits per heavy atom. The first-order chi connectivity index (χ1) is 4.87. The van der Waals surface area contributed by atoms with Gasteiger partial charge in [-0.15, -0.1) is 0 Å². The second kappa shape index (κ2) is 3.26. The highest BCUT2D eigenvalue weighted by molar-refractivity contribution is 5.07. The van der Waals surface area contributed by atoms with Gasteiger partial charge in [-0.3, -0.25) is 0 Å². The highest BCUT2D eigenvalue weighted by atomic mass is 19.4. The number of likely N-dealkylation sites (N-methyl/N-ethyl adjacent to an activating group) is 1. The van der Waals surface area contributed by atoms with E-state index in [9.17, 15) is 13.2 Å². The molecular weight excluding hydrogens is 155 g/mol. The number of halogens is 3. The van der Waals surface area contributed by atoms with Crippen LogP contribution in [0.2, 0.25) is 0 Å². The summed E-state index contributed by atoms with van der Waals surface area (Å²) in [7, 11) is 1.29. The molecule has 0 rings (SSSR count). The molecule has 0 aromatic carbocycles. The summed E-state index contributed by atoms with van der Waals surface area (Å²) < 4.78 is 36.5. The summed E-state index contributed by atoms with van der Waals surface area (Å²) >= 11 is 0. The van der Waals surface area contributed by atoms with Gasteiger partial charge in [-0.2, -0.15) is 13.2 Å². The van der Waals surface area contributed by atoms with E-state index in [4.69, 9.17) is 0 Å². The van der Waals surface area contributed by atoms with E-state index in [0.717, 1.165) is 13.0 Å². The molecule has 0 aliphatic heterocycles. The molecule has 0 aromatic rings. The third-order valence-corrected chi connectivity index (χ3v) is 1.61. The van der Waals surface area contributed by atoms with Crippen molar-refractivity contribution in [1.82, 2.24) is 5.32 Å². The first-order valence-corrected chi connectivity index (χ1v) is 3.27. The Balaban J connectivity index is 4.60. The molecule has 0 amide bonds. The average molecular weight is 167 g/mol. The van der Waals surface area contributed by atoms with Gasteiger partial charge in [0.25, 0.3) is 0 Å². The lowest BCUT2D eigenvalue weighted by Crippen LogP contribution is -2.51. The van der Waals surface area contributed by atoms with Crippen LogP contribution >= 0.6 is 0 Å². The average Bonchev–Trinajstić information content (AvgIpc) is 1.86. The quantitative estimate of drug-likeness (QED) is 0.621. The Hall–Kier alpha value is -0.510. The Bertz CT molecular complexity index is 150. The molecule has 4 heteroatoms. The van der Waals surface area contributed by atoms with Crippen LogP contribution in [0.4, 0.5) is 13.2 Å². The second-order valence-electron chi connectivity index (χ2n) is 2.45. The molecular formula is C7H12F3N. The number of rotatable bonds is 2. The van der Waals surface area contributed by atoms with Gasteiger partial charge < -0.3 is 5.32 Å². The van der Waals surface area contributed by atoms with Crippen molar-refractivity contribution in [3.63, 3.8) is 0 Å². The molecule has 0 bridgehead atoms. The van der Waals surface area contributed by atoms with Gasteiger partial charge in [0.15, 0.2) is 0 Å². The molecule has 0 saturated carbocycles. The number of hydrogen-bond acceptors (Lipinski definition) is 1. The predicted molar refractivity (Wildman–Crippen MR) is 38.3 cm³/mol. The lowest BCUT2D eigenvalue weighted by Gasteiger charge is -2.28. The van der Waals surface area contributed by atoms with E-state index in [2.05, 4.69) is 5.32 Å². The predicted octanol–water partition coefficient (Wildman–Crippen LogP) is 2.10. The molecule has 0 saturated heterocycles. The molecule has 0 radical (unpaired) electrons. The van der Waals surface area contributed by atoms with Crippen LogP contribution in [0, 0.1) is 0 Å². The SMILES string of the molecule is C/C=C/C(C)(NC)C(F)(F)F. The molecule has 1 nitrogen and oxygen atoms in total. The van der Waals surface area contributed by atoms with Crippen molar-refractivity contribution in [1.29, 1.82) is 0 Å². The topological polar surface area (TPSA) is 12.0 Å². The van der Waals surface area contributed by atoms with Crippen LogP contribution in [-0.2, 0) is 0 Å². The van der Waals surface area contributed by atoms with E-state index >= 15 is 0 Å². The van der Waals surface area contributed by atoms with Gasteiger partial charge in [-0.05, 0) is 20.9 Å². The van der Waals surface area contributed by atoms with E-state index in [-0.39, 0.29) is 0 Å². The van der Waals surface area contributed by atoms with Crippen molar-refractivity contribution in [2.24, 2.45) is 0 Å². The first-order valence-electron chi connectivity index (χ1n) is 3.27. The minimum atomic E-state index is -4.24. The lowest BCUT2D eigenvalue weighted by molar-refractivity contribution is -0.174. The van der Waals surface area contributed by atoms with Crippen LogP contribution in [0.15, 0.2) is 12.2 Å². The van der Waals surface area contributed by atoms with Crippen LogP contribution < -0.4 is 5.32 Å². The summed E-state index contributed by atoms with van der Waals surface area (Å²) in [4.78, 5) is 0. The van der Waals surface area contributed by atoms with Crippen LogP contribution in [0.25, 0.3) is 0 Å². The van der Waals surface area contributed by atoms with Gasteiger partial charge >= 0.3 is 6.18 Å². The zero-order valence-electron chi connectivity index (χ0n) is 6.79. The van der Waals surface area contributed by atoms with E-state index in [1.54, 1.807) is 6.92 Å². The van der Waals surface area contributed by atoms with E-state index in [1.165, 1.54) is 13.1 Å². The maximum atomic E-state index is 12.2. The summed E-state index contributed by atoms with van der Waals surface area (Å²) in [5.74, 6) is 0. The molecule has 66 valence electrons. The summed E-state index contributed by atoms with van der Waals surface area (Å²) in [6.07, 6.45) is -1.77. The summed E-state index contributed by atoms with van der Waals surface area (Å²) in [5, 5.41) is 2.21. The number of alkyl halides is 3. The largest absolute Gasteiger partial charge is 0.409 e. The summed E-state index contributed by atoms with van der Waals surface area (Å²) in [6.45, 7) is 2.65. The molecule has 0 aromatic heterocycles. The fraction of sp³-hybridized carbons (Fsp3) is 0.714. The molecule has 11 heavy (non-hydrogen) atoms. The first kappa shape index (κ1) is 10.5. The fourth-order valence-electron chi connectivity index (χ4n) is 0.653. The smallest absolute Gasteiger partial charge is 0.304 e. The van der Waals surface area contributed by atoms with Gasteiger partial charge in [0.2, 0.25) is 0 Å². The normalized spacial score (nSPS) is 18.7. The third-order valence-electron chi connectivity index (χ3n) is 1.61. The van der Waals surface area contributed by atoms with Crippen LogP contribution in [0.5, 0.6) is 0 Å². The molecule has 1 atom stereocenters. The second-order valence-corrected chi connectivity index (χ2v) is 2.45. The van der Waals surface area contributed by atoms with Gasteiger partial charge in [0, 0.05) is 0 Å². The molecule has 1 unspecified atom stereocenters. The molecule has 0 fully saturated rings. The highest BCUT2D eigenvalue weighted by Gasteiger charge is 2.47. The standard InChI is InChI=1S/C7H12F3N/c1-4-5-6(2,11-3)7(8,9)10/h4-5,11H,1-3H3/b5-4+. The number of nitrogens with one attached hydrogen (secondary N) is 1. The maximum absolute atomic E-state index is 12.2. The molecule has 1 N–H and O–H groups in total. The Labute approximate surface area is 64.3 Å². The van der Waals surface area contributed by atoms with Gasteiger partial charge in [0.1, 0.15) is 5.54 Å². The zero-order chi connectivity index (χ0) is 9.12. The maximum Gasteiger partial charge on any atom is 0.409 e. The number of allylic oxidation sites excluding steroid dienone is 1. The van der Waals surface area contributed by atoms with Crippen molar-refractivity contribution in [2.45, 2.75) is 25.6 Å².